The maximum Gasteiger partial charge on any atom is 0.243 e. The van der Waals surface area contributed by atoms with Crippen molar-refractivity contribution in [1.29, 1.82) is 0 Å². The minimum atomic E-state index is -0.167. The molecule has 0 bridgehead atoms. The van der Waals surface area contributed by atoms with Gasteiger partial charge in [0.1, 0.15) is 0 Å². The molecule has 4 aliphatic rings. The van der Waals surface area contributed by atoms with Crippen LogP contribution in [0.25, 0.3) is 0 Å². The molecule has 0 spiro atoms. The van der Waals surface area contributed by atoms with E-state index in [1.165, 1.54) is 19.3 Å². The fraction of sp³-hybridized carbons (Fsp3) is 0.826. The van der Waals surface area contributed by atoms with Gasteiger partial charge in [0.25, 0.3) is 0 Å². The third kappa shape index (κ3) is 2.94. The molecule has 150 valence electrons. The molecule has 3 saturated carbocycles. The lowest BCUT2D eigenvalue weighted by molar-refractivity contribution is -0.135. The molecule has 27 heavy (non-hydrogen) atoms. The van der Waals surface area contributed by atoms with E-state index in [0.717, 1.165) is 19.3 Å². The second-order valence-corrected chi connectivity index (χ2v) is 11.1. The summed E-state index contributed by atoms with van der Waals surface area (Å²) in [6.07, 6.45) is 10.7. The van der Waals surface area contributed by atoms with Crippen LogP contribution in [0.1, 0.15) is 73.1 Å². The number of fused-ring (bicyclic) bond motifs is 5. The number of hydrogen-bond acceptors (Lipinski definition) is 2. The maximum absolute atomic E-state index is 13.0. The van der Waals surface area contributed by atoms with Crippen LogP contribution in [0.5, 0.6) is 0 Å². The second kappa shape index (κ2) is 6.09. The van der Waals surface area contributed by atoms with E-state index in [1.54, 1.807) is 6.08 Å². The zero-order valence-electron chi connectivity index (χ0n) is 17.6. The minimum absolute atomic E-state index is 0.0661. The molecule has 2 N–H and O–H groups in total. The number of nitrogens with one attached hydrogen (secondary N) is 2. The highest BCUT2D eigenvalue weighted by molar-refractivity contribution is 5.89. The van der Waals surface area contributed by atoms with Gasteiger partial charge in [0.2, 0.25) is 11.8 Å². The summed E-state index contributed by atoms with van der Waals surface area (Å²) in [5.74, 6) is 2.41. The maximum atomic E-state index is 13.0. The predicted octanol–water partition coefficient (Wildman–Crippen LogP) is 3.81. The lowest BCUT2D eigenvalue weighted by Crippen LogP contribution is -2.59. The molecule has 0 aromatic carbocycles. The molecule has 4 heteroatoms. The first-order valence-electron chi connectivity index (χ1n) is 10.9. The van der Waals surface area contributed by atoms with E-state index in [1.807, 2.05) is 0 Å². The number of hydrogen-bond donors (Lipinski definition) is 2. The van der Waals surface area contributed by atoms with Crippen molar-refractivity contribution in [2.45, 2.75) is 84.7 Å². The zero-order valence-corrected chi connectivity index (χ0v) is 17.6. The second-order valence-electron chi connectivity index (χ2n) is 11.1. The molecule has 0 aromatic rings. The average Bonchev–Trinajstić information content (AvgIpc) is 2.91. The summed E-state index contributed by atoms with van der Waals surface area (Å²) in [5.41, 5.74) is 0.0323. The molecule has 7 atom stereocenters. The van der Waals surface area contributed by atoms with Gasteiger partial charge in [0.15, 0.2) is 0 Å². The number of carbonyl (C=O) groups excluding carboxylic acids is 2. The Morgan fingerprint density at radius 2 is 1.85 bits per heavy atom. The Labute approximate surface area is 163 Å². The summed E-state index contributed by atoms with van der Waals surface area (Å²) in [4.78, 5) is 24.9. The SMILES string of the molecule is CC(C)(C)NC(=O)[C@@H]1CC[C@H]2[C@@H]3CC[C@@H]4NC(=O)C=C[C@]4(C)[C@H]3CC[C@]12C. The van der Waals surface area contributed by atoms with Gasteiger partial charge in [-0.05, 0) is 88.5 Å². The Morgan fingerprint density at radius 1 is 1.11 bits per heavy atom. The molecule has 0 aromatic heterocycles. The fourth-order valence-corrected chi connectivity index (χ4v) is 7.22. The number of amides is 2. The van der Waals surface area contributed by atoms with Crippen LogP contribution < -0.4 is 10.6 Å². The van der Waals surface area contributed by atoms with E-state index in [4.69, 9.17) is 0 Å². The molecule has 3 aliphatic carbocycles. The molecule has 1 heterocycles. The van der Waals surface area contributed by atoms with Crippen molar-refractivity contribution in [3.05, 3.63) is 12.2 Å². The third-order valence-electron chi connectivity index (χ3n) is 8.50. The molecule has 0 unspecified atom stereocenters. The summed E-state index contributed by atoms with van der Waals surface area (Å²) in [6, 6.07) is 0.280. The standard InChI is InChI=1S/C23H36N2O2/c1-21(2,3)25-20(27)17-8-7-15-14-6-9-18-23(5,13-11-19(26)24-18)16(14)10-12-22(15,17)4/h11,13-18H,6-10,12H2,1-5H3,(H,24,26)(H,25,27)/t14-,15-,16-,17-,18-,22-,23+/m0/s1. The lowest BCUT2D eigenvalue weighted by Gasteiger charge is -2.58. The van der Waals surface area contributed by atoms with E-state index in [9.17, 15) is 9.59 Å². The molecule has 4 rings (SSSR count). The van der Waals surface area contributed by atoms with Crippen LogP contribution in [-0.4, -0.2) is 23.4 Å². The molecule has 2 amide bonds. The van der Waals surface area contributed by atoms with Gasteiger partial charge < -0.3 is 10.6 Å². The highest BCUT2D eigenvalue weighted by Gasteiger charge is 2.60. The summed E-state index contributed by atoms with van der Waals surface area (Å²) in [6.45, 7) is 11.0. The van der Waals surface area contributed by atoms with Crippen molar-refractivity contribution < 1.29 is 9.59 Å². The van der Waals surface area contributed by atoms with Crippen molar-refractivity contribution in [1.82, 2.24) is 10.6 Å². The van der Waals surface area contributed by atoms with Crippen LogP contribution in [0.4, 0.5) is 0 Å². The summed E-state index contributed by atoms with van der Waals surface area (Å²) in [7, 11) is 0. The lowest BCUT2D eigenvalue weighted by atomic mass is 9.48. The average molecular weight is 373 g/mol. The summed E-state index contributed by atoms with van der Waals surface area (Å²) >= 11 is 0. The van der Waals surface area contributed by atoms with Crippen molar-refractivity contribution in [2.75, 3.05) is 0 Å². The van der Waals surface area contributed by atoms with Crippen LogP contribution in [0.3, 0.4) is 0 Å². The highest BCUT2D eigenvalue weighted by Crippen LogP contribution is 2.65. The predicted molar refractivity (Wildman–Crippen MR) is 107 cm³/mol. The first kappa shape index (κ1) is 19.0. The van der Waals surface area contributed by atoms with Gasteiger partial charge in [-0.1, -0.05) is 19.9 Å². The molecular formula is C23H36N2O2. The third-order valence-corrected chi connectivity index (χ3v) is 8.50. The fourth-order valence-electron chi connectivity index (χ4n) is 7.22. The van der Waals surface area contributed by atoms with E-state index in [0.29, 0.717) is 17.8 Å². The number of rotatable bonds is 1. The van der Waals surface area contributed by atoms with Gasteiger partial charge in [-0.2, -0.15) is 0 Å². The van der Waals surface area contributed by atoms with Crippen LogP contribution in [-0.2, 0) is 9.59 Å². The van der Waals surface area contributed by atoms with Gasteiger partial charge in [-0.25, -0.2) is 0 Å². The van der Waals surface area contributed by atoms with E-state index in [-0.39, 0.29) is 40.1 Å². The molecule has 3 fully saturated rings. The molecule has 4 nitrogen and oxygen atoms in total. The zero-order chi connectivity index (χ0) is 19.6. The van der Waals surface area contributed by atoms with Crippen molar-refractivity contribution >= 4 is 11.8 Å². The summed E-state index contributed by atoms with van der Waals surface area (Å²) in [5, 5.41) is 6.48. The van der Waals surface area contributed by atoms with E-state index in [2.05, 4.69) is 51.3 Å². The van der Waals surface area contributed by atoms with E-state index < -0.39 is 0 Å². The smallest absolute Gasteiger partial charge is 0.243 e. The van der Waals surface area contributed by atoms with Gasteiger partial charge >= 0.3 is 0 Å². The van der Waals surface area contributed by atoms with E-state index >= 15 is 0 Å². The van der Waals surface area contributed by atoms with Crippen LogP contribution in [0.2, 0.25) is 0 Å². The quantitative estimate of drug-likeness (QED) is 0.735. The van der Waals surface area contributed by atoms with Crippen LogP contribution in [0.15, 0.2) is 12.2 Å². The van der Waals surface area contributed by atoms with Gasteiger partial charge in [-0.3, -0.25) is 9.59 Å². The van der Waals surface area contributed by atoms with Gasteiger partial charge in [0, 0.05) is 22.9 Å². The molecule has 0 radical (unpaired) electrons. The molecule has 0 saturated heterocycles. The topological polar surface area (TPSA) is 58.2 Å². The van der Waals surface area contributed by atoms with Crippen LogP contribution >= 0.6 is 0 Å². The molecule has 1 aliphatic heterocycles. The first-order valence-corrected chi connectivity index (χ1v) is 10.9. The Bertz CT molecular complexity index is 678. The molecular weight excluding hydrogens is 336 g/mol. The first-order chi connectivity index (χ1) is 12.5. The van der Waals surface area contributed by atoms with Crippen molar-refractivity contribution in [3.63, 3.8) is 0 Å². The minimum Gasteiger partial charge on any atom is -0.351 e. The Balaban J connectivity index is 1.58. The summed E-state index contributed by atoms with van der Waals surface area (Å²) < 4.78 is 0. The van der Waals surface area contributed by atoms with Crippen LogP contribution in [0, 0.1) is 34.5 Å². The Kier molecular flexibility index (Phi) is 4.29. The largest absolute Gasteiger partial charge is 0.351 e. The highest BCUT2D eigenvalue weighted by atomic mass is 16.2. The van der Waals surface area contributed by atoms with Crippen molar-refractivity contribution in [2.24, 2.45) is 34.5 Å². The Morgan fingerprint density at radius 3 is 2.56 bits per heavy atom. The van der Waals surface area contributed by atoms with Crippen molar-refractivity contribution in [3.8, 4) is 0 Å². The van der Waals surface area contributed by atoms with Gasteiger partial charge in [-0.15, -0.1) is 0 Å². The number of carbonyl (C=O) groups is 2. The van der Waals surface area contributed by atoms with Gasteiger partial charge in [0.05, 0.1) is 0 Å². The monoisotopic (exact) mass is 372 g/mol. The normalized spacial score (nSPS) is 46.1. The Hall–Kier alpha value is -1.32.